The number of benzene rings is 2. The SMILES string of the molecule is COc1ccc(NC(=O)c2nnn(-c3cccc(C)c3C)c2C)c(OC)c1. The van der Waals surface area contributed by atoms with Crippen LogP contribution in [0.5, 0.6) is 11.5 Å². The van der Waals surface area contributed by atoms with Crippen molar-refractivity contribution < 1.29 is 14.3 Å². The van der Waals surface area contributed by atoms with E-state index in [1.165, 1.54) is 7.11 Å². The lowest BCUT2D eigenvalue weighted by Crippen LogP contribution is -2.15. The summed E-state index contributed by atoms with van der Waals surface area (Å²) >= 11 is 0. The predicted molar refractivity (Wildman–Crippen MR) is 103 cm³/mol. The molecule has 3 rings (SSSR count). The van der Waals surface area contributed by atoms with Gasteiger partial charge in [0.2, 0.25) is 0 Å². The second-order valence-electron chi connectivity index (χ2n) is 6.17. The van der Waals surface area contributed by atoms with E-state index in [1.54, 1.807) is 30.0 Å². The Labute approximate surface area is 157 Å². The number of hydrogen-bond donors (Lipinski definition) is 1. The minimum absolute atomic E-state index is 0.258. The summed E-state index contributed by atoms with van der Waals surface area (Å²) in [4.78, 5) is 12.7. The van der Waals surface area contributed by atoms with Crippen molar-refractivity contribution in [2.24, 2.45) is 0 Å². The zero-order valence-electron chi connectivity index (χ0n) is 16.0. The maximum Gasteiger partial charge on any atom is 0.278 e. The molecule has 0 saturated heterocycles. The van der Waals surface area contributed by atoms with Crippen molar-refractivity contribution in [2.45, 2.75) is 20.8 Å². The molecule has 1 amide bonds. The average Bonchev–Trinajstić information content (AvgIpc) is 3.05. The van der Waals surface area contributed by atoms with E-state index in [2.05, 4.69) is 15.6 Å². The van der Waals surface area contributed by atoms with Gasteiger partial charge in [-0.25, -0.2) is 4.68 Å². The molecule has 0 fully saturated rings. The average molecular weight is 366 g/mol. The van der Waals surface area contributed by atoms with Gasteiger partial charge in [0.05, 0.1) is 31.3 Å². The van der Waals surface area contributed by atoms with Crippen molar-refractivity contribution >= 4 is 11.6 Å². The normalized spacial score (nSPS) is 10.6. The van der Waals surface area contributed by atoms with Crippen LogP contribution in [0.1, 0.15) is 27.3 Å². The molecular weight excluding hydrogens is 344 g/mol. The van der Waals surface area contributed by atoms with Crippen LogP contribution < -0.4 is 14.8 Å². The number of carbonyl (C=O) groups is 1. The fourth-order valence-electron chi connectivity index (χ4n) is 2.82. The third-order valence-corrected chi connectivity index (χ3v) is 4.57. The number of methoxy groups -OCH3 is 2. The first-order valence-corrected chi connectivity index (χ1v) is 8.48. The van der Waals surface area contributed by atoms with Crippen LogP contribution in [-0.2, 0) is 0 Å². The highest BCUT2D eigenvalue weighted by molar-refractivity contribution is 6.04. The summed E-state index contributed by atoms with van der Waals surface area (Å²) in [7, 11) is 3.11. The lowest BCUT2D eigenvalue weighted by molar-refractivity contribution is 0.102. The van der Waals surface area contributed by atoms with Gasteiger partial charge in [0.1, 0.15) is 11.5 Å². The van der Waals surface area contributed by atoms with Gasteiger partial charge in [0, 0.05) is 6.07 Å². The van der Waals surface area contributed by atoms with Crippen molar-refractivity contribution in [3.8, 4) is 17.2 Å². The summed E-state index contributed by atoms with van der Waals surface area (Å²) in [5.74, 6) is 0.789. The highest BCUT2D eigenvalue weighted by Crippen LogP contribution is 2.29. The Morgan fingerprint density at radius 3 is 2.56 bits per heavy atom. The van der Waals surface area contributed by atoms with Gasteiger partial charge in [0.15, 0.2) is 5.69 Å². The van der Waals surface area contributed by atoms with Crippen LogP contribution in [0.4, 0.5) is 5.69 Å². The summed E-state index contributed by atoms with van der Waals surface area (Å²) in [6.45, 7) is 5.88. The van der Waals surface area contributed by atoms with E-state index in [9.17, 15) is 4.79 Å². The lowest BCUT2D eigenvalue weighted by atomic mass is 10.1. The molecule has 0 atom stereocenters. The molecule has 1 N–H and O–H groups in total. The molecule has 0 spiro atoms. The molecule has 140 valence electrons. The minimum atomic E-state index is -0.354. The van der Waals surface area contributed by atoms with E-state index >= 15 is 0 Å². The largest absolute Gasteiger partial charge is 0.497 e. The molecule has 1 heterocycles. The zero-order chi connectivity index (χ0) is 19.6. The third-order valence-electron chi connectivity index (χ3n) is 4.57. The van der Waals surface area contributed by atoms with Crippen molar-refractivity contribution in [2.75, 3.05) is 19.5 Å². The Morgan fingerprint density at radius 1 is 1.07 bits per heavy atom. The Morgan fingerprint density at radius 2 is 1.85 bits per heavy atom. The molecule has 3 aromatic rings. The fourth-order valence-corrected chi connectivity index (χ4v) is 2.82. The van der Waals surface area contributed by atoms with Crippen molar-refractivity contribution in [3.63, 3.8) is 0 Å². The fraction of sp³-hybridized carbons (Fsp3) is 0.250. The van der Waals surface area contributed by atoms with Crippen LogP contribution >= 0.6 is 0 Å². The van der Waals surface area contributed by atoms with Gasteiger partial charge in [-0.15, -0.1) is 5.10 Å². The highest BCUT2D eigenvalue weighted by Gasteiger charge is 2.20. The van der Waals surface area contributed by atoms with E-state index in [1.807, 2.05) is 39.0 Å². The summed E-state index contributed by atoms with van der Waals surface area (Å²) in [6, 6.07) is 11.1. The number of ether oxygens (including phenoxy) is 2. The van der Waals surface area contributed by atoms with Crippen molar-refractivity contribution in [1.82, 2.24) is 15.0 Å². The second kappa shape index (κ2) is 7.49. The van der Waals surface area contributed by atoms with Crippen LogP contribution in [0.15, 0.2) is 36.4 Å². The number of anilines is 1. The third kappa shape index (κ3) is 3.48. The number of aryl methyl sites for hydroxylation is 1. The number of hydrogen-bond acceptors (Lipinski definition) is 5. The number of amides is 1. The van der Waals surface area contributed by atoms with Gasteiger partial charge in [-0.2, -0.15) is 0 Å². The molecule has 0 aliphatic rings. The van der Waals surface area contributed by atoms with Crippen molar-refractivity contribution in [1.29, 1.82) is 0 Å². The van der Waals surface area contributed by atoms with E-state index < -0.39 is 0 Å². The first-order valence-electron chi connectivity index (χ1n) is 8.48. The molecule has 7 nitrogen and oxygen atoms in total. The number of nitrogens with zero attached hydrogens (tertiary/aromatic N) is 3. The highest BCUT2D eigenvalue weighted by atomic mass is 16.5. The standard InChI is InChI=1S/C20H22N4O3/c1-12-7-6-8-17(13(12)2)24-14(3)19(22-23-24)20(25)21-16-10-9-15(26-4)11-18(16)27-5/h6-11H,1-5H3,(H,21,25). The smallest absolute Gasteiger partial charge is 0.278 e. The Bertz CT molecular complexity index is 995. The van der Waals surface area contributed by atoms with E-state index in [0.29, 0.717) is 22.9 Å². The Hall–Kier alpha value is -3.35. The molecule has 2 aromatic carbocycles. The van der Waals surface area contributed by atoms with Crippen LogP contribution in [0, 0.1) is 20.8 Å². The quantitative estimate of drug-likeness (QED) is 0.748. The van der Waals surface area contributed by atoms with E-state index in [-0.39, 0.29) is 11.6 Å². The Balaban J connectivity index is 1.91. The molecule has 0 aliphatic heterocycles. The lowest BCUT2D eigenvalue weighted by Gasteiger charge is -2.11. The van der Waals surface area contributed by atoms with Crippen LogP contribution in [0.25, 0.3) is 5.69 Å². The summed E-state index contributed by atoms with van der Waals surface area (Å²) in [6.07, 6.45) is 0. The van der Waals surface area contributed by atoms with E-state index in [0.717, 1.165) is 16.8 Å². The number of carbonyl (C=O) groups excluding carboxylic acids is 1. The molecule has 0 bridgehead atoms. The molecule has 0 aliphatic carbocycles. The summed E-state index contributed by atoms with van der Waals surface area (Å²) in [5, 5.41) is 11.1. The van der Waals surface area contributed by atoms with Crippen LogP contribution in [0.3, 0.4) is 0 Å². The van der Waals surface area contributed by atoms with Crippen LogP contribution in [-0.4, -0.2) is 35.1 Å². The van der Waals surface area contributed by atoms with Gasteiger partial charge in [-0.3, -0.25) is 4.79 Å². The van der Waals surface area contributed by atoms with Crippen molar-refractivity contribution in [3.05, 3.63) is 58.9 Å². The number of aromatic nitrogens is 3. The van der Waals surface area contributed by atoms with Gasteiger partial charge in [0.25, 0.3) is 5.91 Å². The maximum atomic E-state index is 12.7. The van der Waals surface area contributed by atoms with Gasteiger partial charge >= 0.3 is 0 Å². The predicted octanol–water partition coefficient (Wildman–Crippen LogP) is 3.46. The topological polar surface area (TPSA) is 78.3 Å². The summed E-state index contributed by atoms with van der Waals surface area (Å²) < 4.78 is 12.2. The molecule has 0 radical (unpaired) electrons. The minimum Gasteiger partial charge on any atom is -0.497 e. The molecule has 27 heavy (non-hydrogen) atoms. The maximum absolute atomic E-state index is 12.7. The van der Waals surface area contributed by atoms with E-state index in [4.69, 9.17) is 9.47 Å². The van der Waals surface area contributed by atoms with Gasteiger partial charge in [-0.1, -0.05) is 17.3 Å². The molecular formula is C20H22N4O3. The Kier molecular flexibility index (Phi) is 5.12. The molecule has 1 aromatic heterocycles. The van der Waals surface area contributed by atoms with Gasteiger partial charge < -0.3 is 14.8 Å². The zero-order valence-corrected chi connectivity index (χ0v) is 16.0. The first-order chi connectivity index (χ1) is 13.0. The monoisotopic (exact) mass is 366 g/mol. The summed E-state index contributed by atoms with van der Waals surface area (Å²) in [5.41, 5.74) is 4.60. The number of rotatable bonds is 5. The number of nitrogens with one attached hydrogen (secondary N) is 1. The molecule has 7 heteroatoms. The first kappa shape index (κ1) is 18.4. The van der Waals surface area contributed by atoms with Gasteiger partial charge in [-0.05, 0) is 50.1 Å². The second-order valence-corrected chi connectivity index (χ2v) is 6.17. The molecule has 0 unspecified atom stereocenters. The van der Waals surface area contributed by atoms with Crippen LogP contribution in [0.2, 0.25) is 0 Å². The molecule has 0 saturated carbocycles.